The number of aryl methyl sites for hydroxylation is 1. The summed E-state index contributed by atoms with van der Waals surface area (Å²) in [5, 5.41) is 0. The number of carbonyl (C=O) groups excluding carboxylic acids is 1. The lowest BCUT2D eigenvalue weighted by molar-refractivity contribution is 0.0593. The van der Waals surface area contributed by atoms with Gasteiger partial charge >= 0.3 is 5.97 Å². The van der Waals surface area contributed by atoms with Crippen LogP contribution in [0.1, 0.15) is 22.0 Å². The summed E-state index contributed by atoms with van der Waals surface area (Å²) in [6.45, 7) is 2.44. The van der Waals surface area contributed by atoms with Crippen LogP contribution in [0.5, 0.6) is 0 Å². The van der Waals surface area contributed by atoms with Gasteiger partial charge in [0.2, 0.25) is 0 Å². The Bertz CT molecular complexity index is 580. The number of ether oxygens (including phenoxy) is 1. The first-order chi connectivity index (χ1) is 9.10. The molecule has 0 aliphatic heterocycles. The van der Waals surface area contributed by atoms with Crippen LogP contribution in [0.15, 0.2) is 28.9 Å². The molecule has 2 heterocycles. The fourth-order valence-electron chi connectivity index (χ4n) is 1.63. The molecule has 19 heavy (non-hydrogen) atoms. The van der Waals surface area contributed by atoms with Crippen molar-refractivity contribution >= 4 is 11.8 Å². The van der Waals surface area contributed by atoms with Gasteiger partial charge in [-0.25, -0.2) is 9.78 Å². The van der Waals surface area contributed by atoms with Crippen LogP contribution >= 0.6 is 0 Å². The van der Waals surface area contributed by atoms with Crippen LogP contribution in [-0.2, 0) is 11.3 Å². The van der Waals surface area contributed by atoms with E-state index < -0.39 is 5.97 Å². The largest absolute Gasteiger partial charge is 0.464 e. The summed E-state index contributed by atoms with van der Waals surface area (Å²) in [7, 11) is 3.16. The Morgan fingerprint density at radius 2 is 2.21 bits per heavy atom. The second-order valence-electron chi connectivity index (χ2n) is 4.12. The van der Waals surface area contributed by atoms with Crippen molar-refractivity contribution in [3.8, 4) is 0 Å². The van der Waals surface area contributed by atoms with E-state index in [0.29, 0.717) is 12.4 Å². The van der Waals surface area contributed by atoms with Crippen molar-refractivity contribution in [1.82, 2.24) is 9.97 Å². The van der Waals surface area contributed by atoms with Gasteiger partial charge in [-0.1, -0.05) is 0 Å². The number of nitrogens with zero attached hydrogens (tertiary/aromatic N) is 3. The Morgan fingerprint density at radius 3 is 2.84 bits per heavy atom. The van der Waals surface area contributed by atoms with Gasteiger partial charge in [-0.2, -0.15) is 0 Å². The summed E-state index contributed by atoms with van der Waals surface area (Å²) in [6, 6.07) is 3.81. The van der Waals surface area contributed by atoms with Crippen molar-refractivity contribution in [3.63, 3.8) is 0 Å². The molecule has 0 N–H and O–H groups in total. The molecule has 0 atom stereocenters. The highest BCUT2D eigenvalue weighted by Crippen LogP contribution is 2.14. The SMILES string of the molecule is COC(=O)c1cncc(N(C)Cc2ccc(C)o2)n1. The lowest BCUT2D eigenvalue weighted by atomic mass is 10.4. The molecule has 6 nitrogen and oxygen atoms in total. The van der Waals surface area contributed by atoms with Crippen molar-refractivity contribution in [3.05, 3.63) is 41.7 Å². The van der Waals surface area contributed by atoms with Gasteiger partial charge in [0.25, 0.3) is 0 Å². The number of carbonyl (C=O) groups is 1. The van der Waals surface area contributed by atoms with Crippen LogP contribution in [0.2, 0.25) is 0 Å². The van der Waals surface area contributed by atoms with E-state index in [4.69, 9.17) is 4.42 Å². The second kappa shape index (κ2) is 5.51. The van der Waals surface area contributed by atoms with E-state index in [1.807, 2.05) is 31.0 Å². The maximum Gasteiger partial charge on any atom is 0.358 e. The zero-order valence-electron chi connectivity index (χ0n) is 11.1. The Morgan fingerprint density at radius 1 is 1.42 bits per heavy atom. The fraction of sp³-hybridized carbons (Fsp3) is 0.308. The minimum Gasteiger partial charge on any atom is -0.464 e. The van der Waals surface area contributed by atoms with Crippen molar-refractivity contribution in [2.75, 3.05) is 19.1 Å². The molecule has 0 fully saturated rings. The molecule has 0 bridgehead atoms. The molecule has 0 radical (unpaired) electrons. The number of furan rings is 1. The molecule has 0 saturated carbocycles. The average molecular weight is 261 g/mol. The minimum atomic E-state index is -0.503. The van der Waals surface area contributed by atoms with Crippen LogP contribution < -0.4 is 4.90 Å². The molecule has 100 valence electrons. The smallest absolute Gasteiger partial charge is 0.358 e. The highest BCUT2D eigenvalue weighted by molar-refractivity contribution is 5.87. The third-order valence-corrected chi connectivity index (χ3v) is 2.60. The van der Waals surface area contributed by atoms with Crippen LogP contribution in [0.25, 0.3) is 0 Å². The number of anilines is 1. The summed E-state index contributed by atoms with van der Waals surface area (Å²) < 4.78 is 10.1. The van der Waals surface area contributed by atoms with Gasteiger partial charge in [-0.3, -0.25) is 4.98 Å². The number of rotatable bonds is 4. The van der Waals surface area contributed by atoms with Crippen molar-refractivity contribution in [2.45, 2.75) is 13.5 Å². The van der Waals surface area contributed by atoms with Crippen LogP contribution in [-0.4, -0.2) is 30.1 Å². The topological polar surface area (TPSA) is 68.5 Å². The monoisotopic (exact) mass is 261 g/mol. The zero-order valence-corrected chi connectivity index (χ0v) is 11.1. The summed E-state index contributed by atoms with van der Waals surface area (Å²) >= 11 is 0. The molecular weight excluding hydrogens is 246 g/mol. The van der Waals surface area contributed by atoms with E-state index in [0.717, 1.165) is 11.5 Å². The van der Waals surface area contributed by atoms with Crippen molar-refractivity contribution < 1.29 is 13.9 Å². The first-order valence-electron chi connectivity index (χ1n) is 5.77. The molecule has 0 aliphatic carbocycles. The highest BCUT2D eigenvalue weighted by Gasteiger charge is 2.12. The molecule has 2 rings (SSSR count). The van der Waals surface area contributed by atoms with E-state index in [1.54, 1.807) is 6.20 Å². The third kappa shape index (κ3) is 3.09. The summed E-state index contributed by atoms with van der Waals surface area (Å²) in [5.41, 5.74) is 0.183. The lowest BCUT2D eigenvalue weighted by Gasteiger charge is -2.16. The Kier molecular flexibility index (Phi) is 3.79. The fourth-order valence-corrected chi connectivity index (χ4v) is 1.63. The molecule has 0 aromatic carbocycles. The molecule has 6 heteroatoms. The maximum absolute atomic E-state index is 11.4. The third-order valence-electron chi connectivity index (χ3n) is 2.60. The van der Waals surface area contributed by atoms with Crippen molar-refractivity contribution in [2.24, 2.45) is 0 Å². The van der Waals surface area contributed by atoms with E-state index in [-0.39, 0.29) is 5.69 Å². The van der Waals surface area contributed by atoms with Gasteiger partial charge < -0.3 is 14.1 Å². The first kappa shape index (κ1) is 13.1. The normalized spacial score (nSPS) is 10.3. The number of methoxy groups -OCH3 is 1. The predicted octanol–water partition coefficient (Wildman–Crippen LogP) is 1.80. The number of hydrogen-bond acceptors (Lipinski definition) is 6. The molecule has 0 spiro atoms. The first-order valence-corrected chi connectivity index (χ1v) is 5.77. The van der Waals surface area contributed by atoms with E-state index in [1.165, 1.54) is 13.3 Å². The van der Waals surface area contributed by atoms with Gasteiger partial charge in [-0.05, 0) is 19.1 Å². The van der Waals surface area contributed by atoms with E-state index >= 15 is 0 Å². The number of aromatic nitrogens is 2. The minimum absolute atomic E-state index is 0.183. The molecule has 2 aromatic heterocycles. The summed E-state index contributed by atoms with van der Waals surface area (Å²) in [5.74, 6) is 1.76. The lowest BCUT2D eigenvalue weighted by Crippen LogP contribution is -2.19. The molecule has 0 amide bonds. The maximum atomic E-state index is 11.4. The van der Waals surface area contributed by atoms with Gasteiger partial charge in [0, 0.05) is 7.05 Å². The zero-order chi connectivity index (χ0) is 13.8. The van der Waals surface area contributed by atoms with Gasteiger partial charge in [0.05, 0.1) is 26.0 Å². The molecule has 0 saturated heterocycles. The average Bonchev–Trinajstić information content (AvgIpc) is 2.83. The van der Waals surface area contributed by atoms with Crippen LogP contribution in [0, 0.1) is 6.92 Å². The molecule has 0 unspecified atom stereocenters. The molecule has 0 aliphatic rings. The standard InChI is InChI=1S/C13H15N3O3/c1-9-4-5-10(19-9)8-16(2)12-7-14-6-11(15-12)13(17)18-3/h4-7H,8H2,1-3H3. The van der Waals surface area contributed by atoms with Crippen LogP contribution in [0.3, 0.4) is 0 Å². The second-order valence-corrected chi connectivity index (χ2v) is 4.12. The Labute approximate surface area is 111 Å². The Hall–Kier alpha value is -2.37. The van der Waals surface area contributed by atoms with Gasteiger partial charge in [0.1, 0.15) is 17.3 Å². The quantitative estimate of drug-likeness (QED) is 0.782. The number of esters is 1. The highest BCUT2D eigenvalue weighted by atomic mass is 16.5. The summed E-state index contributed by atoms with van der Waals surface area (Å²) in [4.78, 5) is 21.4. The molecule has 2 aromatic rings. The number of hydrogen-bond donors (Lipinski definition) is 0. The molecular formula is C13H15N3O3. The summed E-state index contributed by atoms with van der Waals surface area (Å²) in [6.07, 6.45) is 2.96. The van der Waals surface area contributed by atoms with Gasteiger partial charge in [-0.15, -0.1) is 0 Å². The van der Waals surface area contributed by atoms with Crippen molar-refractivity contribution in [1.29, 1.82) is 0 Å². The Balaban J connectivity index is 2.14. The van der Waals surface area contributed by atoms with E-state index in [2.05, 4.69) is 14.7 Å². The van der Waals surface area contributed by atoms with Gasteiger partial charge in [0.15, 0.2) is 5.69 Å². The predicted molar refractivity (Wildman–Crippen MR) is 68.9 cm³/mol. The van der Waals surface area contributed by atoms with Crippen LogP contribution in [0.4, 0.5) is 5.82 Å². The van der Waals surface area contributed by atoms with E-state index in [9.17, 15) is 4.79 Å².